The van der Waals surface area contributed by atoms with Crippen LogP contribution in [0.25, 0.3) is 0 Å². The molecule has 1 aromatic heterocycles. The first kappa shape index (κ1) is 16.7. The monoisotopic (exact) mass is 323 g/mol. The third-order valence-corrected chi connectivity index (χ3v) is 4.08. The molecule has 1 aromatic rings. The van der Waals surface area contributed by atoms with E-state index in [0.29, 0.717) is 30.4 Å². The highest BCUT2D eigenvalue weighted by Gasteiger charge is 2.16. The summed E-state index contributed by atoms with van der Waals surface area (Å²) in [5.74, 6) is 0.715. The van der Waals surface area contributed by atoms with E-state index in [2.05, 4.69) is 25.5 Å². The van der Waals surface area contributed by atoms with Gasteiger partial charge in [-0.15, -0.1) is 11.8 Å². The molecule has 1 aliphatic rings. The van der Waals surface area contributed by atoms with Gasteiger partial charge in [0.15, 0.2) is 5.69 Å². The zero-order valence-electron chi connectivity index (χ0n) is 12.7. The smallest absolute Gasteiger partial charge is 0.272 e. The molecule has 0 radical (unpaired) electrons. The van der Waals surface area contributed by atoms with Gasteiger partial charge in [-0.25, -0.2) is 9.97 Å². The summed E-state index contributed by atoms with van der Waals surface area (Å²) in [5, 5.41) is 6.32. The van der Waals surface area contributed by atoms with Crippen molar-refractivity contribution in [1.82, 2.24) is 25.5 Å². The molecule has 0 aromatic carbocycles. The summed E-state index contributed by atoms with van der Waals surface area (Å²) in [6.07, 6.45) is 3.92. The van der Waals surface area contributed by atoms with Gasteiger partial charge in [0.2, 0.25) is 5.91 Å². The van der Waals surface area contributed by atoms with Crippen molar-refractivity contribution in [3.8, 4) is 0 Å². The maximum Gasteiger partial charge on any atom is 0.272 e. The van der Waals surface area contributed by atoms with Gasteiger partial charge < -0.3 is 10.6 Å². The number of carbonyl (C=O) groups is 2. The fraction of sp³-hybridized carbons (Fsp3) is 0.571. The van der Waals surface area contributed by atoms with Gasteiger partial charge >= 0.3 is 0 Å². The maximum absolute atomic E-state index is 12.1. The van der Waals surface area contributed by atoms with E-state index in [-0.39, 0.29) is 11.8 Å². The molecule has 8 heteroatoms. The summed E-state index contributed by atoms with van der Waals surface area (Å²) in [6.45, 7) is 5.36. The number of thioether (sulfide) groups is 1. The van der Waals surface area contributed by atoms with Crippen molar-refractivity contribution in [2.75, 3.05) is 38.5 Å². The lowest BCUT2D eigenvalue weighted by molar-refractivity contribution is -0.124. The van der Waals surface area contributed by atoms with Crippen molar-refractivity contribution in [1.29, 1.82) is 0 Å². The normalized spacial score (nSPS) is 15.4. The topological polar surface area (TPSA) is 87.2 Å². The fourth-order valence-electron chi connectivity index (χ4n) is 2.19. The third-order valence-electron chi connectivity index (χ3n) is 3.21. The SMILES string of the molecule is CCSc1nccnc1C(=O)NCCCN1CCNC(=O)C1. The number of hydrogen-bond acceptors (Lipinski definition) is 6. The van der Waals surface area contributed by atoms with Crippen molar-refractivity contribution in [2.45, 2.75) is 18.4 Å². The van der Waals surface area contributed by atoms with Crippen LogP contribution in [0.2, 0.25) is 0 Å². The van der Waals surface area contributed by atoms with Gasteiger partial charge in [0.05, 0.1) is 6.54 Å². The van der Waals surface area contributed by atoms with Gasteiger partial charge in [-0.3, -0.25) is 14.5 Å². The van der Waals surface area contributed by atoms with Crippen LogP contribution in [-0.2, 0) is 4.79 Å². The van der Waals surface area contributed by atoms with Gasteiger partial charge in [0.1, 0.15) is 5.03 Å². The van der Waals surface area contributed by atoms with Crippen molar-refractivity contribution in [3.63, 3.8) is 0 Å². The van der Waals surface area contributed by atoms with Crippen LogP contribution in [0.15, 0.2) is 17.4 Å². The molecule has 0 bridgehead atoms. The minimum Gasteiger partial charge on any atom is -0.354 e. The lowest BCUT2D eigenvalue weighted by Crippen LogP contribution is -2.48. The van der Waals surface area contributed by atoms with E-state index in [1.807, 2.05) is 6.92 Å². The summed E-state index contributed by atoms with van der Waals surface area (Å²) in [7, 11) is 0. The minimum absolute atomic E-state index is 0.0658. The Morgan fingerprint density at radius 2 is 2.27 bits per heavy atom. The van der Waals surface area contributed by atoms with Gasteiger partial charge in [0, 0.05) is 38.6 Å². The summed E-state index contributed by atoms with van der Waals surface area (Å²) >= 11 is 1.51. The third kappa shape index (κ3) is 4.96. The minimum atomic E-state index is -0.194. The highest BCUT2D eigenvalue weighted by atomic mass is 32.2. The van der Waals surface area contributed by atoms with Crippen LogP contribution in [0.5, 0.6) is 0 Å². The molecule has 120 valence electrons. The average molecular weight is 323 g/mol. The van der Waals surface area contributed by atoms with Crippen molar-refractivity contribution in [3.05, 3.63) is 18.1 Å². The number of piperazine rings is 1. The highest BCUT2D eigenvalue weighted by Crippen LogP contribution is 2.17. The second-order valence-corrected chi connectivity index (χ2v) is 6.13. The van der Waals surface area contributed by atoms with E-state index in [4.69, 9.17) is 0 Å². The van der Waals surface area contributed by atoms with Crippen LogP contribution >= 0.6 is 11.8 Å². The van der Waals surface area contributed by atoms with Crippen LogP contribution in [0.4, 0.5) is 0 Å². The molecule has 1 aliphatic heterocycles. The van der Waals surface area contributed by atoms with Crippen molar-refractivity contribution >= 4 is 23.6 Å². The summed E-state index contributed by atoms with van der Waals surface area (Å²) < 4.78 is 0. The Morgan fingerprint density at radius 3 is 3.05 bits per heavy atom. The predicted octanol–water partition coefficient (Wildman–Crippen LogP) is 0.140. The van der Waals surface area contributed by atoms with Crippen LogP contribution in [-0.4, -0.2) is 65.2 Å². The van der Waals surface area contributed by atoms with Crippen LogP contribution in [0.3, 0.4) is 0 Å². The highest BCUT2D eigenvalue weighted by molar-refractivity contribution is 7.99. The zero-order chi connectivity index (χ0) is 15.8. The average Bonchev–Trinajstić information content (AvgIpc) is 2.52. The van der Waals surface area contributed by atoms with Crippen LogP contribution in [0.1, 0.15) is 23.8 Å². The number of amides is 2. The Labute approximate surface area is 134 Å². The first-order valence-electron chi connectivity index (χ1n) is 7.41. The maximum atomic E-state index is 12.1. The van der Waals surface area contributed by atoms with Gasteiger partial charge in [-0.05, 0) is 12.2 Å². The quantitative estimate of drug-likeness (QED) is 0.548. The number of hydrogen-bond donors (Lipinski definition) is 2. The van der Waals surface area contributed by atoms with Crippen LogP contribution < -0.4 is 10.6 Å². The largest absolute Gasteiger partial charge is 0.354 e. The summed E-state index contributed by atoms with van der Waals surface area (Å²) in [4.78, 5) is 33.8. The predicted molar refractivity (Wildman–Crippen MR) is 84.8 cm³/mol. The van der Waals surface area contributed by atoms with E-state index < -0.39 is 0 Å². The van der Waals surface area contributed by atoms with Crippen molar-refractivity contribution in [2.24, 2.45) is 0 Å². The molecule has 0 aliphatic carbocycles. The number of nitrogens with zero attached hydrogens (tertiary/aromatic N) is 3. The molecule has 0 unspecified atom stereocenters. The first-order valence-corrected chi connectivity index (χ1v) is 8.40. The van der Waals surface area contributed by atoms with E-state index in [1.165, 1.54) is 18.0 Å². The van der Waals surface area contributed by atoms with E-state index >= 15 is 0 Å². The summed E-state index contributed by atoms with van der Waals surface area (Å²) in [6, 6.07) is 0. The lowest BCUT2D eigenvalue weighted by atomic mass is 10.3. The van der Waals surface area contributed by atoms with Gasteiger partial charge in [-0.1, -0.05) is 6.92 Å². The molecule has 0 atom stereocenters. The molecule has 0 spiro atoms. The molecule has 1 saturated heterocycles. The molecule has 2 rings (SSSR count). The molecule has 7 nitrogen and oxygen atoms in total. The molecule has 2 N–H and O–H groups in total. The Kier molecular flexibility index (Phi) is 6.60. The lowest BCUT2D eigenvalue weighted by Gasteiger charge is -2.26. The van der Waals surface area contributed by atoms with E-state index in [1.54, 1.807) is 6.20 Å². The van der Waals surface area contributed by atoms with E-state index in [0.717, 1.165) is 25.3 Å². The molecular weight excluding hydrogens is 302 g/mol. The second kappa shape index (κ2) is 8.70. The Bertz CT molecular complexity index is 526. The standard InChI is InChI=1S/C14H21N5O2S/c1-2-22-14-12(16-5-6-18-14)13(21)17-4-3-8-19-9-7-15-11(20)10-19/h5-6H,2-4,7-10H2,1H3,(H,15,20)(H,17,21). The number of carbonyl (C=O) groups excluding carboxylic acids is 2. The Balaban J connectivity index is 1.75. The zero-order valence-corrected chi connectivity index (χ0v) is 13.5. The first-order chi connectivity index (χ1) is 10.7. The second-order valence-electron chi connectivity index (χ2n) is 4.88. The number of rotatable bonds is 7. The Hall–Kier alpha value is -1.67. The molecule has 1 fully saturated rings. The Morgan fingerprint density at radius 1 is 1.45 bits per heavy atom. The van der Waals surface area contributed by atoms with Gasteiger partial charge in [0.25, 0.3) is 5.91 Å². The van der Waals surface area contributed by atoms with Crippen LogP contribution in [0, 0.1) is 0 Å². The molecule has 22 heavy (non-hydrogen) atoms. The van der Waals surface area contributed by atoms with E-state index in [9.17, 15) is 9.59 Å². The molecule has 2 heterocycles. The molecular formula is C14H21N5O2S. The van der Waals surface area contributed by atoms with Crippen molar-refractivity contribution < 1.29 is 9.59 Å². The number of aromatic nitrogens is 2. The molecule has 0 saturated carbocycles. The summed E-state index contributed by atoms with van der Waals surface area (Å²) in [5.41, 5.74) is 0.381. The fourth-order valence-corrected chi connectivity index (χ4v) is 2.88. The van der Waals surface area contributed by atoms with Gasteiger partial charge in [-0.2, -0.15) is 0 Å². The molecule has 2 amide bonds. The number of nitrogens with one attached hydrogen (secondary N) is 2.